The smallest absolute Gasteiger partial charge is 0.323 e. The van der Waals surface area contributed by atoms with E-state index in [1.165, 1.54) is 11.1 Å². The van der Waals surface area contributed by atoms with E-state index in [1.807, 2.05) is 24.3 Å². The van der Waals surface area contributed by atoms with E-state index in [2.05, 4.69) is 17.4 Å². The summed E-state index contributed by atoms with van der Waals surface area (Å²) in [4.78, 5) is 12.1. The number of halogens is 1. The summed E-state index contributed by atoms with van der Waals surface area (Å²) in [6.07, 6.45) is 0.671. The van der Waals surface area contributed by atoms with Gasteiger partial charge in [-0.1, -0.05) is 48.0 Å². The summed E-state index contributed by atoms with van der Waals surface area (Å²) in [5, 5.41) is 3.87. The fourth-order valence-corrected chi connectivity index (χ4v) is 2.72. The van der Waals surface area contributed by atoms with Crippen molar-refractivity contribution in [2.75, 3.05) is 0 Å². The monoisotopic (exact) mass is 301 g/mol. The maximum atomic E-state index is 12.1. The van der Waals surface area contributed by atoms with Crippen molar-refractivity contribution in [3.8, 4) is 0 Å². The first-order chi connectivity index (χ1) is 10.2. The van der Waals surface area contributed by atoms with Crippen LogP contribution in [0, 0.1) is 0 Å². The molecule has 0 saturated heterocycles. The lowest BCUT2D eigenvalue weighted by molar-refractivity contribution is -0.147. The molecular formula is C17H16ClNO2. The van der Waals surface area contributed by atoms with Crippen LogP contribution in [-0.2, 0) is 29.1 Å². The van der Waals surface area contributed by atoms with Gasteiger partial charge in [0.2, 0.25) is 0 Å². The molecule has 1 N–H and O–H groups in total. The molecule has 21 heavy (non-hydrogen) atoms. The van der Waals surface area contributed by atoms with Gasteiger partial charge in [0.05, 0.1) is 0 Å². The zero-order valence-electron chi connectivity index (χ0n) is 11.5. The van der Waals surface area contributed by atoms with Crippen molar-refractivity contribution in [2.24, 2.45) is 0 Å². The highest BCUT2D eigenvalue weighted by Crippen LogP contribution is 2.17. The highest BCUT2D eigenvalue weighted by atomic mass is 35.5. The predicted octanol–water partition coefficient (Wildman–Crippen LogP) is 3.10. The maximum Gasteiger partial charge on any atom is 0.323 e. The van der Waals surface area contributed by atoms with Gasteiger partial charge in [-0.3, -0.25) is 4.79 Å². The number of carbonyl (C=O) groups excluding carboxylic acids is 1. The molecule has 1 aliphatic rings. The van der Waals surface area contributed by atoms with Crippen LogP contribution in [0.15, 0.2) is 48.5 Å². The summed E-state index contributed by atoms with van der Waals surface area (Å²) in [6, 6.07) is 15.2. The van der Waals surface area contributed by atoms with E-state index in [1.54, 1.807) is 12.1 Å². The molecule has 0 aromatic heterocycles. The standard InChI is InChI=1S/C17H16ClNO2/c18-15-7-3-4-12(8-15)11-21-17(20)16-9-13-5-1-2-6-14(13)10-19-16/h1-8,16,19H,9-11H2/t16-/m1/s1. The van der Waals surface area contributed by atoms with Gasteiger partial charge in [0, 0.05) is 11.6 Å². The minimum atomic E-state index is -0.279. The second kappa shape index (κ2) is 6.29. The third kappa shape index (κ3) is 3.43. The molecule has 0 amide bonds. The second-order valence-electron chi connectivity index (χ2n) is 5.14. The number of nitrogens with one attached hydrogen (secondary N) is 1. The van der Waals surface area contributed by atoms with Gasteiger partial charge in [0.25, 0.3) is 0 Å². The molecular weight excluding hydrogens is 286 g/mol. The topological polar surface area (TPSA) is 38.3 Å². The summed E-state index contributed by atoms with van der Waals surface area (Å²) >= 11 is 5.91. The summed E-state index contributed by atoms with van der Waals surface area (Å²) in [7, 11) is 0. The fourth-order valence-electron chi connectivity index (χ4n) is 2.50. The molecule has 0 bridgehead atoms. The molecule has 1 heterocycles. The highest BCUT2D eigenvalue weighted by Gasteiger charge is 2.25. The second-order valence-corrected chi connectivity index (χ2v) is 5.58. The zero-order chi connectivity index (χ0) is 14.7. The van der Waals surface area contributed by atoms with Crippen molar-refractivity contribution in [2.45, 2.75) is 25.6 Å². The van der Waals surface area contributed by atoms with Crippen LogP contribution in [0.2, 0.25) is 5.02 Å². The van der Waals surface area contributed by atoms with Gasteiger partial charge in [0.1, 0.15) is 12.6 Å². The van der Waals surface area contributed by atoms with Gasteiger partial charge in [-0.2, -0.15) is 0 Å². The summed E-state index contributed by atoms with van der Waals surface area (Å²) < 4.78 is 5.38. The minimum absolute atomic E-state index is 0.218. The molecule has 2 aromatic carbocycles. The van der Waals surface area contributed by atoms with Crippen LogP contribution >= 0.6 is 11.6 Å². The molecule has 2 aromatic rings. The van der Waals surface area contributed by atoms with Gasteiger partial charge >= 0.3 is 5.97 Å². The van der Waals surface area contributed by atoms with Crippen LogP contribution < -0.4 is 5.32 Å². The third-order valence-corrected chi connectivity index (χ3v) is 3.87. The van der Waals surface area contributed by atoms with E-state index in [0.717, 1.165) is 5.56 Å². The zero-order valence-corrected chi connectivity index (χ0v) is 12.3. The van der Waals surface area contributed by atoms with Crippen LogP contribution in [0.4, 0.5) is 0 Å². The number of fused-ring (bicyclic) bond motifs is 1. The van der Waals surface area contributed by atoms with E-state index in [4.69, 9.17) is 16.3 Å². The Morgan fingerprint density at radius 2 is 2.00 bits per heavy atom. The maximum absolute atomic E-state index is 12.1. The van der Waals surface area contributed by atoms with Gasteiger partial charge in [0.15, 0.2) is 0 Å². The van der Waals surface area contributed by atoms with Gasteiger partial charge in [-0.15, -0.1) is 0 Å². The first-order valence-corrected chi connectivity index (χ1v) is 7.31. The third-order valence-electron chi connectivity index (χ3n) is 3.64. The molecule has 0 spiro atoms. The molecule has 0 unspecified atom stereocenters. The first-order valence-electron chi connectivity index (χ1n) is 6.93. The normalized spacial score (nSPS) is 17.1. The number of benzene rings is 2. The average molecular weight is 302 g/mol. The largest absolute Gasteiger partial charge is 0.460 e. The minimum Gasteiger partial charge on any atom is -0.460 e. The number of rotatable bonds is 3. The quantitative estimate of drug-likeness (QED) is 0.885. The lowest BCUT2D eigenvalue weighted by Gasteiger charge is -2.24. The van der Waals surface area contributed by atoms with Crippen molar-refractivity contribution in [3.63, 3.8) is 0 Å². The Labute approximate surface area is 128 Å². The molecule has 0 fully saturated rings. The molecule has 1 atom stereocenters. The Bertz CT molecular complexity index is 657. The number of carbonyl (C=O) groups is 1. The molecule has 3 rings (SSSR count). The number of ether oxygens (including phenoxy) is 1. The molecule has 108 valence electrons. The Morgan fingerprint density at radius 1 is 1.19 bits per heavy atom. The van der Waals surface area contributed by atoms with Crippen LogP contribution in [-0.4, -0.2) is 12.0 Å². The van der Waals surface area contributed by atoms with Gasteiger partial charge in [-0.25, -0.2) is 0 Å². The van der Waals surface area contributed by atoms with E-state index in [0.29, 0.717) is 18.0 Å². The SMILES string of the molecule is O=C(OCc1cccc(Cl)c1)[C@H]1Cc2ccccc2CN1. The average Bonchev–Trinajstić information content (AvgIpc) is 2.52. The van der Waals surface area contributed by atoms with E-state index in [-0.39, 0.29) is 18.6 Å². The lowest BCUT2D eigenvalue weighted by Crippen LogP contribution is -2.42. The Hall–Kier alpha value is -1.84. The van der Waals surface area contributed by atoms with Crippen LogP contribution in [0.5, 0.6) is 0 Å². The lowest BCUT2D eigenvalue weighted by atomic mass is 9.96. The molecule has 3 nitrogen and oxygen atoms in total. The number of hydrogen-bond donors (Lipinski definition) is 1. The van der Waals surface area contributed by atoms with Gasteiger partial charge in [-0.05, 0) is 35.2 Å². The summed E-state index contributed by atoms with van der Waals surface area (Å²) in [5.74, 6) is -0.218. The number of esters is 1. The summed E-state index contributed by atoms with van der Waals surface area (Å²) in [5.41, 5.74) is 3.35. The molecule has 4 heteroatoms. The highest BCUT2D eigenvalue weighted by molar-refractivity contribution is 6.30. The molecule has 0 saturated carbocycles. The van der Waals surface area contributed by atoms with Crippen LogP contribution in [0.25, 0.3) is 0 Å². The Morgan fingerprint density at radius 3 is 2.81 bits per heavy atom. The van der Waals surface area contributed by atoms with Crippen molar-refractivity contribution in [3.05, 3.63) is 70.2 Å². The number of hydrogen-bond acceptors (Lipinski definition) is 3. The van der Waals surface area contributed by atoms with Crippen LogP contribution in [0.3, 0.4) is 0 Å². The molecule has 0 radical (unpaired) electrons. The molecule has 0 aliphatic carbocycles. The predicted molar refractivity (Wildman–Crippen MR) is 82.0 cm³/mol. The van der Waals surface area contributed by atoms with Crippen molar-refractivity contribution in [1.82, 2.24) is 5.32 Å². The Balaban J connectivity index is 1.59. The Kier molecular flexibility index (Phi) is 4.23. The van der Waals surface area contributed by atoms with Crippen molar-refractivity contribution >= 4 is 17.6 Å². The molecule has 1 aliphatic heterocycles. The first kappa shape index (κ1) is 14.1. The van der Waals surface area contributed by atoms with Gasteiger partial charge < -0.3 is 10.1 Å². The van der Waals surface area contributed by atoms with Crippen molar-refractivity contribution in [1.29, 1.82) is 0 Å². The summed E-state index contributed by atoms with van der Waals surface area (Å²) in [6.45, 7) is 0.951. The van der Waals surface area contributed by atoms with Crippen molar-refractivity contribution < 1.29 is 9.53 Å². The van der Waals surface area contributed by atoms with E-state index >= 15 is 0 Å². The van der Waals surface area contributed by atoms with E-state index in [9.17, 15) is 4.79 Å². The van der Waals surface area contributed by atoms with Crippen LogP contribution in [0.1, 0.15) is 16.7 Å². The van der Waals surface area contributed by atoms with E-state index < -0.39 is 0 Å². The fraction of sp³-hybridized carbons (Fsp3) is 0.235.